The molecule has 134 valence electrons. The minimum Gasteiger partial charge on any atom is -0.379 e. The first-order valence-corrected chi connectivity index (χ1v) is 9.13. The molecule has 1 heterocycles. The number of nitrogens with zero attached hydrogens (tertiary/aromatic N) is 2. The number of benzene rings is 2. The van der Waals surface area contributed by atoms with E-state index in [9.17, 15) is 0 Å². The predicted octanol–water partition coefficient (Wildman–Crippen LogP) is 2.01. The van der Waals surface area contributed by atoms with Crippen molar-refractivity contribution >= 4 is 16.7 Å². The quantitative estimate of drug-likeness (QED) is 0.460. The van der Waals surface area contributed by atoms with Crippen LogP contribution in [0.2, 0.25) is 0 Å². The van der Waals surface area contributed by atoms with Gasteiger partial charge in [-0.25, -0.2) is 0 Å². The van der Waals surface area contributed by atoms with E-state index >= 15 is 0 Å². The second kappa shape index (κ2) is 9.39. The second-order valence-corrected chi connectivity index (χ2v) is 6.39. The average molecular weight is 340 g/mol. The molecule has 1 fully saturated rings. The van der Waals surface area contributed by atoms with Crippen molar-refractivity contribution in [1.82, 2.24) is 10.2 Å². The molecular weight excluding hydrogens is 312 g/mol. The zero-order valence-corrected chi connectivity index (χ0v) is 14.8. The van der Waals surface area contributed by atoms with Crippen LogP contribution in [0.25, 0.3) is 10.8 Å². The number of nitrogens with one attached hydrogen (secondary N) is 1. The lowest BCUT2D eigenvalue weighted by Crippen LogP contribution is -2.37. The van der Waals surface area contributed by atoms with Crippen molar-refractivity contribution in [2.75, 3.05) is 45.9 Å². The third-order valence-corrected chi connectivity index (χ3v) is 4.60. The molecule has 0 atom stereocenters. The molecule has 0 bridgehead atoms. The Balaban J connectivity index is 1.39. The molecule has 2 aromatic carbocycles. The van der Waals surface area contributed by atoms with Crippen LogP contribution < -0.4 is 11.1 Å². The summed E-state index contributed by atoms with van der Waals surface area (Å²) in [5, 5.41) is 5.82. The maximum absolute atomic E-state index is 5.98. The van der Waals surface area contributed by atoms with E-state index < -0.39 is 0 Å². The lowest BCUT2D eigenvalue weighted by molar-refractivity contribution is 0.0377. The number of hydrogen-bond donors (Lipinski definition) is 2. The van der Waals surface area contributed by atoms with Gasteiger partial charge in [0.2, 0.25) is 0 Å². The summed E-state index contributed by atoms with van der Waals surface area (Å²) in [6, 6.07) is 14.9. The number of morpholine rings is 1. The van der Waals surface area contributed by atoms with Gasteiger partial charge in [0.15, 0.2) is 5.96 Å². The Morgan fingerprint density at radius 2 is 1.92 bits per heavy atom. The number of guanidine groups is 1. The van der Waals surface area contributed by atoms with Gasteiger partial charge in [0.05, 0.1) is 13.2 Å². The molecule has 25 heavy (non-hydrogen) atoms. The SMILES string of the molecule is NC(=NCCCN1CCOCC1)NCCc1cccc2ccccc12. The Kier molecular flexibility index (Phi) is 6.65. The molecule has 0 aromatic heterocycles. The van der Waals surface area contributed by atoms with Crippen molar-refractivity contribution in [2.45, 2.75) is 12.8 Å². The Bertz CT molecular complexity index is 690. The summed E-state index contributed by atoms with van der Waals surface area (Å²) in [7, 11) is 0. The van der Waals surface area contributed by atoms with E-state index in [1.807, 2.05) is 0 Å². The van der Waals surface area contributed by atoms with Crippen LogP contribution in [0.4, 0.5) is 0 Å². The summed E-state index contributed by atoms with van der Waals surface area (Å²) in [6.45, 7) is 6.39. The van der Waals surface area contributed by atoms with Crippen LogP contribution in [-0.4, -0.2) is 56.8 Å². The van der Waals surface area contributed by atoms with Crippen LogP contribution in [0, 0.1) is 0 Å². The van der Waals surface area contributed by atoms with Crippen LogP contribution in [-0.2, 0) is 11.2 Å². The summed E-state index contributed by atoms with van der Waals surface area (Å²) in [5.74, 6) is 0.544. The second-order valence-electron chi connectivity index (χ2n) is 6.39. The third kappa shape index (κ3) is 5.44. The van der Waals surface area contributed by atoms with Gasteiger partial charge in [-0.3, -0.25) is 9.89 Å². The topological polar surface area (TPSA) is 62.9 Å². The van der Waals surface area contributed by atoms with Crippen LogP contribution >= 0.6 is 0 Å². The molecule has 1 aliphatic heterocycles. The first-order chi connectivity index (χ1) is 12.3. The van der Waals surface area contributed by atoms with Gasteiger partial charge in [-0.1, -0.05) is 42.5 Å². The molecule has 0 unspecified atom stereocenters. The smallest absolute Gasteiger partial charge is 0.188 e. The standard InChI is InChI=1S/C20H28N4O/c21-20(22-10-4-12-24-13-15-25-16-14-24)23-11-9-18-7-3-6-17-5-1-2-8-19(17)18/h1-3,5-8H,4,9-16H2,(H3,21,22,23). The van der Waals surface area contributed by atoms with Crippen LogP contribution in [0.5, 0.6) is 0 Å². The Hall–Kier alpha value is -2.11. The highest BCUT2D eigenvalue weighted by Gasteiger charge is 2.08. The monoisotopic (exact) mass is 340 g/mol. The summed E-state index contributed by atoms with van der Waals surface area (Å²) < 4.78 is 5.35. The zero-order valence-electron chi connectivity index (χ0n) is 14.8. The summed E-state index contributed by atoms with van der Waals surface area (Å²) in [5.41, 5.74) is 7.31. The summed E-state index contributed by atoms with van der Waals surface area (Å²) in [6.07, 6.45) is 1.97. The van der Waals surface area contributed by atoms with Gasteiger partial charge >= 0.3 is 0 Å². The Morgan fingerprint density at radius 3 is 2.80 bits per heavy atom. The van der Waals surface area contributed by atoms with Crippen molar-refractivity contribution in [1.29, 1.82) is 0 Å². The number of rotatable bonds is 7. The van der Waals surface area contributed by atoms with Gasteiger partial charge in [0, 0.05) is 32.7 Å². The fraction of sp³-hybridized carbons (Fsp3) is 0.450. The van der Waals surface area contributed by atoms with Crippen molar-refractivity contribution < 1.29 is 4.74 Å². The van der Waals surface area contributed by atoms with Crippen molar-refractivity contribution in [3.05, 3.63) is 48.0 Å². The third-order valence-electron chi connectivity index (χ3n) is 4.60. The lowest BCUT2D eigenvalue weighted by Gasteiger charge is -2.26. The molecule has 0 saturated carbocycles. The first kappa shape index (κ1) is 17.7. The van der Waals surface area contributed by atoms with Gasteiger partial charge in [-0.05, 0) is 29.2 Å². The molecule has 3 N–H and O–H groups in total. The Morgan fingerprint density at radius 1 is 1.12 bits per heavy atom. The van der Waals surface area contributed by atoms with Crippen LogP contribution in [0.3, 0.4) is 0 Å². The lowest BCUT2D eigenvalue weighted by atomic mass is 10.0. The highest BCUT2D eigenvalue weighted by Crippen LogP contribution is 2.18. The fourth-order valence-electron chi connectivity index (χ4n) is 3.21. The average Bonchev–Trinajstić information content (AvgIpc) is 2.66. The van der Waals surface area contributed by atoms with Crippen LogP contribution in [0.15, 0.2) is 47.5 Å². The van der Waals surface area contributed by atoms with Gasteiger partial charge in [0.25, 0.3) is 0 Å². The number of aliphatic imine (C=N–C) groups is 1. The minimum absolute atomic E-state index is 0.544. The van der Waals surface area contributed by atoms with Crippen molar-refractivity contribution in [3.63, 3.8) is 0 Å². The zero-order chi connectivity index (χ0) is 17.3. The molecule has 0 spiro atoms. The largest absolute Gasteiger partial charge is 0.379 e. The molecule has 2 aromatic rings. The number of fused-ring (bicyclic) bond motifs is 1. The Labute approximate surface area is 149 Å². The van der Waals surface area contributed by atoms with Gasteiger partial charge in [-0.2, -0.15) is 0 Å². The van der Waals surface area contributed by atoms with E-state index in [-0.39, 0.29) is 0 Å². The van der Waals surface area contributed by atoms with E-state index in [0.29, 0.717) is 5.96 Å². The number of nitrogens with two attached hydrogens (primary N) is 1. The molecule has 0 aliphatic carbocycles. The first-order valence-electron chi connectivity index (χ1n) is 9.13. The maximum Gasteiger partial charge on any atom is 0.188 e. The molecule has 5 nitrogen and oxygen atoms in total. The number of ether oxygens (including phenoxy) is 1. The van der Waals surface area contributed by atoms with E-state index in [1.54, 1.807) is 0 Å². The molecular formula is C20H28N4O. The van der Waals surface area contributed by atoms with E-state index in [1.165, 1.54) is 16.3 Å². The van der Waals surface area contributed by atoms with E-state index in [0.717, 1.165) is 58.8 Å². The molecule has 5 heteroatoms. The highest BCUT2D eigenvalue weighted by molar-refractivity contribution is 5.85. The van der Waals surface area contributed by atoms with Crippen molar-refractivity contribution in [3.8, 4) is 0 Å². The van der Waals surface area contributed by atoms with Gasteiger partial charge < -0.3 is 15.8 Å². The van der Waals surface area contributed by atoms with E-state index in [4.69, 9.17) is 10.5 Å². The molecule has 0 radical (unpaired) electrons. The molecule has 1 saturated heterocycles. The van der Waals surface area contributed by atoms with Gasteiger partial charge in [0.1, 0.15) is 0 Å². The maximum atomic E-state index is 5.98. The predicted molar refractivity (Wildman–Crippen MR) is 104 cm³/mol. The summed E-state index contributed by atoms with van der Waals surface area (Å²) in [4.78, 5) is 6.85. The van der Waals surface area contributed by atoms with E-state index in [2.05, 4.69) is 57.7 Å². The van der Waals surface area contributed by atoms with Crippen molar-refractivity contribution in [2.24, 2.45) is 10.7 Å². The normalized spacial score (nSPS) is 16.2. The van der Waals surface area contributed by atoms with Gasteiger partial charge in [-0.15, -0.1) is 0 Å². The summed E-state index contributed by atoms with van der Waals surface area (Å²) >= 11 is 0. The minimum atomic E-state index is 0.544. The highest BCUT2D eigenvalue weighted by atomic mass is 16.5. The molecule has 1 aliphatic rings. The molecule has 0 amide bonds. The fourth-order valence-corrected chi connectivity index (χ4v) is 3.21. The van der Waals surface area contributed by atoms with Crippen LogP contribution in [0.1, 0.15) is 12.0 Å². The number of hydrogen-bond acceptors (Lipinski definition) is 3. The molecule has 3 rings (SSSR count).